The fourth-order valence-electron chi connectivity index (χ4n) is 2.67. The summed E-state index contributed by atoms with van der Waals surface area (Å²) in [5, 5.41) is -0.369. The van der Waals surface area contributed by atoms with Gasteiger partial charge in [0.15, 0.2) is 0 Å². The van der Waals surface area contributed by atoms with Crippen molar-refractivity contribution < 1.29 is 8.42 Å². The molecular weight excluding hydrogens is 258 g/mol. The number of benzene rings is 1. The Bertz CT molecular complexity index is 478. The summed E-state index contributed by atoms with van der Waals surface area (Å²) in [6, 6.07) is 9.66. The lowest BCUT2D eigenvalue weighted by Crippen LogP contribution is -2.32. The van der Waals surface area contributed by atoms with E-state index < -0.39 is 10.0 Å². The second-order valence-corrected chi connectivity index (χ2v) is 7.31. The predicted octanol–water partition coefficient (Wildman–Crippen LogP) is 3.34. The van der Waals surface area contributed by atoms with E-state index in [1.165, 1.54) is 0 Å². The molecule has 1 fully saturated rings. The molecule has 1 heterocycles. The van der Waals surface area contributed by atoms with Crippen molar-refractivity contribution in [1.82, 2.24) is 4.31 Å². The molecule has 2 rings (SSSR count). The lowest BCUT2D eigenvalue weighted by atomic mass is 10.1. The van der Waals surface area contributed by atoms with E-state index in [0.29, 0.717) is 13.1 Å². The number of rotatable bonds is 6. The van der Waals surface area contributed by atoms with Crippen LogP contribution in [-0.4, -0.2) is 25.8 Å². The van der Waals surface area contributed by atoms with Crippen molar-refractivity contribution in [2.75, 3.05) is 13.1 Å². The Kier molecular flexibility index (Phi) is 4.99. The van der Waals surface area contributed by atoms with Crippen molar-refractivity contribution in [3.63, 3.8) is 0 Å². The summed E-state index contributed by atoms with van der Waals surface area (Å²) in [7, 11) is -3.19. The van der Waals surface area contributed by atoms with Gasteiger partial charge in [-0.2, -0.15) is 0 Å². The van der Waals surface area contributed by atoms with Crippen molar-refractivity contribution in [3.8, 4) is 0 Å². The quantitative estimate of drug-likeness (QED) is 0.802. The molecule has 19 heavy (non-hydrogen) atoms. The Labute approximate surface area is 116 Å². The molecule has 4 heteroatoms. The fourth-order valence-corrected chi connectivity index (χ4v) is 4.76. The highest BCUT2D eigenvalue weighted by Gasteiger charge is 2.34. The standard InChI is InChI=1S/C15H23NO2S/c1-2-3-11-15(14-9-5-4-6-10-14)19(17,18)16-12-7-8-13-16/h4-6,9-10,15H,2-3,7-8,11-13H2,1H3/t15-/m0/s1. The topological polar surface area (TPSA) is 37.4 Å². The van der Waals surface area contributed by atoms with Crippen LogP contribution in [0.15, 0.2) is 30.3 Å². The minimum Gasteiger partial charge on any atom is -0.212 e. The first-order valence-corrected chi connectivity index (χ1v) is 8.70. The van der Waals surface area contributed by atoms with E-state index in [-0.39, 0.29) is 5.25 Å². The Morgan fingerprint density at radius 1 is 1.16 bits per heavy atom. The average Bonchev–Trinajstić information content (AvgIpc) is 2.95. The zero-order valence-corrected chi connectivity index (χ0v) is 12.4. The molecule has 106 valence electrons. The van der Waals surface area contributed by atoms with Gasteiger partial charge in [0, 0.05) is 13.1 Å². The zero-order chi connectivity index (χ0) is 13.7. The SMILES string of the molecule is CCCC[C@@H](c1ccccc1)S(=O)(=O)N1CCCC1. The maximum atomic E-state index is 12.8. The Balaban J connectivity index is 2.26. The molecule has 1 aliphatic heterocycles. The molecule has 1 aromatic carbocycles. The third kappa shape index (κ3) is 3.37. The molecule has 1 atom stereocenters. The third-order valence-electron chi connectivity index (χ3n) is 3.78. The first kappa shape index (κ1) is 14.5. The largest absolute Gasteiger partial charge is 0.221 e. The lowest BCUT2D eigenvalue weighted by Gasteiger charge is -2.24. The van der Waals surface area contributed by atoms with E-state index in [1.807, 2.05) is 30.3 Å². The Morgan fingerprint density at radius 2 is 1.79 bits per heavy atom. The van der Waals surface area contributed by atoms with E-state index in [9.17, 15) is 8.42 Å². The number of nitrogens with zero attached hydrogens (tertiary/aromatic N) is 1. The van der Waals surface area contributed by atoms with Crippen LogP contribution >= 0.6 is 0 Å². The normalized spacial score (nSPS) is 18.6. The zero-order valence-electron chi connectivity index (χ0n) is 11.6. The van der Waals surface area contributed by atoms with Crippen molar-refractivity contribution in [3.05, 3.63) is 35.9 Å². The summed E-state index contributed by atoms with van der Waals surface area (Å²) in [5.74, 6) is 0. The summed E-state index contributed by atoms with van der Waals surface area (Å²) in [6.45, 7) is 3.49. The van der Waals surface area contributed by atoms with Gasteiger partial charge >= 0.3 is 0 Å². The first-order valence-electron chi connectivity index (χ1n) is 7.20. The summed E-state index contributed by atoms with van der Waals surface area (Å²) < 4.78 is 27.2. The molecule has 1 aliphatic rings. The second-order valence-electron chi connectivity index (χ2n) is 5.19. The van der Waals surface area contributed by atoms with Crippen LogP contribution in [-0.2, 0) is 10.0 Å². The summed E-state index contributed by atoms with van der Waals surface area (Å²) in [4.78, 5) is 0. The van der Waals surface area contributed by atoms with E-state index >= 15 is 0 Å². The van der Waals surface area contributed by atoms with Gasteiger partial charge in [0.25, 0.3) is 0 Å². The molecule has 1 aromatic rings. The van der Waals surface area contributed by atoms with Gasteiger partial charge in [-0.1, -0.05) is 50.1 Å². The molecule has 0 saturated carbocycles. The van der Waals surface area contributed by atoms with Gasteiger partial charge < -0.3 is 0 Å². The summed E-state index contributed by atoms with van der Waals surface area (Å²) in [5.41, 5.74) is 0.933. The van der Waals surface area contributed by atoms with Crippen LogP contribution in [0.5, 0.6) is 0 Å². The predicted molar refractivity (Wildman–Crippen MR) is 78.4 cm³/mol. The van der Waals surface area contributed by atoms with E-state index in [4.69, 9.17) is 0 Å². The highest BCUT2D eigenvalue weighted by atomic mass is 32.2. The van der Waals surface area contributed by atoms with Crippen molar-refractivity contribution in [2.45, 2.75) is 44.3 Å². The maximum Gasteiger partial charge on any atom is 0.221 e. The van der Waals surface area contributed by atoms with E-state index in [1.54, 1.807) is 4.31 Å². The number of sulfonamides is 1. The van der Waals surface area contributed by atoms with Crippen molar-refractivity contribution >= 4 is 10.0 Å². The van der Waals surface area contributed by atoms with Crippen LogP contribution in [0.1, 0.15) is 49.8 Å². The van der Waals surface area contributed by atoms with Crippen LogP contribution in [0.3, 0.4) is 0 Å². The first-order chi connectivity index (χ1) is 9.16. The highest BCUT2D eigenvalue weighted by Crippen LogP contribution is 2.32. The molecular formula is C15H23NO2S. The molecule has 0 amide bonds. The summed E-state index contributed by atoms with van der Waals surface area (Å²) >= 11 is 0. The Hall–Kier alpha value is -0.870. The average molecular weight is 281 g/mol. The van der Waals surface area contributed by atoms with Crippen LogP contribution in [0.2, 0.25) is 0 Å². The monoisotopic (exact) mass is 281 g/mol. The fraction of sp³-hybridized carbons (Fsp3) is 0.600. The van der Waals surface area contributed by atoms with Crippen molar-refractivity contribution in [1.29, 1.82) is 0 Å². The van der Waals surface area contributed by atoms with Gasteiger partial charge in [0.2, 0.25) is 10.0 Å². The molecule has 3 nitrogen and oxygen atoms in total. The molecule has 0 radical (unpaired) electrons. The van der Waals surface area contributed by atoms with Crippen molar-refractivity contribution in [2.24, 2.45) is 0 Å². The molecule has 0 spiro atoms. The highest BCUT2D eigenvalue weighted by molar-refractivity contribution is 7.89. The van der Waals surface area contributed by atoms with Gasteiger partial charge in [-0.05, 0) is 24.8 Å². The smallest absolute Gasteiger partial charge is 0.212 e. The molecule has 0 aliphatic carbocycles. The van der Waals surface area contributed by atoms with E-state index in [0.717, 1.165) is 37.7 Å². The number of hydrogen-bond acceptors (Lipinski definition) is 2. The lowest BCUT2D eigenvalue weighted by molar-refractivity contribution is 0.460. The van der Waals surface area contributed by atoms with Gasteiger partial charge in [-0.25, -0.2) is 12.7 Å². The van der Waals surface area contributed by atoms with E-state index in [2.05, 4.69) is 6.92 Å². The molecule has 0 bridgehead atoms. The minimum atomic E-state index is -3.19. The van der Waals surface area contributed by atoms with Crippen LogP contribution in [0.25, 0.3) is 0 Å². The minimum absolute atomic E-state index is 0.369. The van der Waals surface area contributed by atoms with Crippen LogP contribution in [0.4, 0.5) is 0 Å². The second kappa shape index (κ2) is 6.53. The molecule has 0 N–H and O–H groups in total. The van der Waals surface area contributed by atoms with Crippen LogP contribution in [0, 0.1) is 0 Å². The molecule has 0 unspecified atom stereocenters. The van der Waals surface area contributed by atoms with Crippen LogP contribution < -0.4 is 0 Å². The van der Waals surface area contributed by atoms with Gasteiger partial charge in [0.1, 0.15) is 5.25 Å². The van der Waals surface area contributed by atoms with Gasteiger partial charge in [-0.15, -0.1) is 0 Å². The maximum absolute atomic E-state index is 12.8. The summed E-state index contributed by atoms with van der Waals surface area (Å²) in [6.07, 6.45) is 4.69. The number of hydrogen-bond donors (Lipinski definition) is 0. The van der Waals surface area contributed by atoms with Gasteiger partial charge in [-0.3, -0.25) is 0 Å². The van der Waals surface area contributed by atoms with Gasteiger partial charge in [0.05, 0.1) is 0 Å². The Morgan fingerprint density at radius 3 is 2.37 bits per heavy atom. The number of unbranched alkanes of at least 4 members (excludes halogenated alkanes) is 1. The third-order valence-corrected chi connectivity index (χ3v) is 6.09. The molecule has 0 aromatic heterocycles. The molecule has 1 saturated heterocycles.